The normalized spacial score (nSPS) is 16.1. The van der Waals surface area contributed by atoms with Gasteiger partial charge in [0.15, 0.2) is 0 Å². The first-order valence-corrected chi connectivity index (χ1v) is 12.1. The molecule has 2 aromatic rings. The number of aliphatic carboxylic acids is 1. The Morgan fingerprint density at radius 2 is 1.65 bits per heavy atom. The van der Waals surface area contributed by atoms with Crippen LogP contribution in [-0.4, -0.2) is 42.3 Å². The predicted octanol–water partition coefficient (Wildman–Crippen LogP) is 4.31. The largest absolute Gasteiger partial charge is 0.480 e. The van der Waals surface area contributed by atoms with E-state index >= 15 is 0 Å². The number of amides is 2. The van der Waals surface area contributed by atoms with Crippen molar-refractivity contribution < 1.29 is 24.2 Å². The van der Waals surface area contributed by atoms with Crippen LogP contribution in [-0.2, 0) is 14.3 Å². The topological polar surface area (TPSA) is 105 Å². The third-order valence-corrected chi connectivity index (χ3v) is 6.71. The van der Waals surface area contributed by atoms with Crippen LogP contribution >= 0.6 is 0 Å². The Balaban J connectivity index is 1.34. The van der Waals surface area contributed by atoms with Gasteiger partial charge in [-0.1, -0.05) is 74.7 Å². The fourth-order valence-electron chi connectivity index (χ4n) is 4.73. The van der Waals surface area contributed by atoms with Gasteiger partial charge in [0.1, 0.15) is 12.6 Å². The van der Waals surface area contributed by atoms with Gasteiger partial charge in [-0.3, -0.25) is 4.79 Å². The number of fused-ring (bicyclic) bond motifs is 3. The van der Waals surface area contributed by atoms with Crippen LogP contribution in [0.1, 0.15) is 56.1 Å². The molecule has 0 saturated heterocycles. The third-order valence-electron chi connectivity index (χ3n) is 6.71. The minimum Gasteiger partial charge on any atom is -0.480 e. The van der Waals surface area contributed by atoms with E-state index in [0.717, 1.165) is 35.1 Å². The number of carboxylic acids is 1. The van der Waals surface area contributed by atoms with E-state index in [-0.39, 0.29) is 25.0 Å². The second kappa shape index (κ2) is 10.7. The maximum atomic E-state index is 12.8. The fraction of sp³-hybridized carbons (Fsp3) is 0.444. The lowest BCUT2D eigenvalue weighted by Crippen LogP contribution is -2.46. The molecule has 1 saturated carbocycles. The van der Waals surface area contributed by atoms with Crippen molar-refractivity contribution in [3.8, 4) is 11.1 Å². The highest BCUT2D eigenvalue weighted by Crippen LogP contribution is 2.44. The van der Waals surface area contributed by atoms with Crippen molar-refractivity contribution in [3.63, 3.8) is 0 Å². The summed E-state index contributed by atoms with van der Waals surface area (Å²) in [5.74, 6) is -1.42. The molecule has 2 aliphatic rings. The van der Waals surface area contributed by atoms with Crippen molar-refractivity contribution >= 4 is 18.0 Å². The van der Waals surface area contributed by atoms with Crippen molar-refractivity contribution in [2.45, 2.75) is 51.0 Å². The van der Waals surface area contributed by atoms with Crippen LogP contribution in [0, 0.1) is 11.8 Å². The smallest absolute Gasteiger partial charge is 0.407 e. The molecule has 2 atom stereocenters. The number of rotatable bonds is 11. The van der Waals surface area contributed by atoms with Crippen LogP contribution in [0.3, 0.4) is 0 Å². The average Bonchev–Trinajstić information content (AvgIpc) is 3.60. The summed E-state index contributed by atoms with van der Waals surface area (Å²) < 4.78 is 5.57. The maximum absolute atomic E-state index is 12.8. The van der Waals surface area contributed by atoms with E-state index in [4.69, 9.17) is 4.74 Å². The highest BCUT2D eigenvalue weighted by atomic mass is 16.5. The molecule has 0 bridgehead atoms. The maximum Gasteiger partial charge on any atom is 0.407 e. The van der Waals surface area contributed by atoms with E-state index in [9.17, 15) is 19.5 Å². The zero-order valence-corrected chi connectivity index (χ0v) is 19.5. The standard InChI is InChI=1S/C27H32N2O5/c1-2-7-24(26(31)32)29-25(30)18(14-17-12-13-17)15-28-27(33)34-16-23-21-10-5-3-8-19(21)20-9-4-6-11-22(20)23/h3-6,8-11,17-18,23-24H,2,7,12-16H2,1H3,(H,28,33)(H,29,30)(H,31,32)/t18?,24-/m1/s1. The SMILES string of the molecule is CCC[C@@H](NC(=O)C(CNC(=O)OCC1c2ccccc2-c2ccccc21)CC1CC1)C(=O)O. The first-order valence-electron chi connectivity index (χ1n) is 12.1. The van der Waals surface area contributed by atoms with E-state index in [1.54, 1.807) is 0 Å². The van der Waals surface area contributed by atoms with E-state index < -0.39 is 24.0 Å². The Bertz CT molecular complexity index is 1000. The fourth-order valence-corrected chi connectivity index (χ4v) is 4.73. The minimum atomic E-state index is -1.04. The molecule has 0 spiro atoms. The van der Waals surface area contributed by atoms with Crippen molar-refractivity contribution in [2.24, 2.45) is 11.8 Å². The monoisotopic (exact) mass is 464 g/mol. The first-order chi connectivity index (χ1) is 16.5. The van der Waals surface area contributed by atoms with E-state index in [1.165, 1.54) is 0 Å². The second-order valence-electron chi connectivity index (χ2n) is 9.27. The molecule has 0 aliphatic heterocycles. The Morgan fingerprint density at radius 1 is 1.03 bits per heavy atom. The zero-order chi connectivity index (χ0) is 24.1. The van der Waals surface area contributed by atoms with Gasteiger partial charge >= 0.3 is 12.1 Å². The van der Waals surface area contributed by atoms with Gasteiger partial charge < -0.3 is 20.5 Å². The van der Waals surface area contributed by atoms with Gasteiger partial charge in [-0.05, 0) is 41.0 Å². The molecule has 3 N–H and O–H groups in total. The average molecular weight is 465 g/mol. The van der Waals surface area contributed by atoms with Crippen LogP contribution in [0.15, 0.2) is 48.5 Å². The molecule has 4 rings (SSSR count). The Hall–Kier alpha value is -3.35. The highest BCUT2D eigenvalue weighted by molar-refractivity contribution is 5.85. The van der Waals surface area contributed by atoms with Gasteiger partial charge in [0.2, 0.25) is 5.91 Å². The third kappa shape index (κ3) is 5.58. The molecule has 2 aromatic carbocycles. The molecule has 0 heterocycles. The molecule has 180 valence electrons. The van der Waals surface area contributed by atoms with Gasteiger partial charge in [-0.25, -0.2) is 9.59 Å². The molecule has 1 fully saturated rings. The van der Waals surface area contributed by atoms with Crippen LogP contribution in [0.2, 0.25) is 0 Å². The van der Waals surface area contributed by atoms with Crippen molar-refractivity contribution in [2.75, 3.05) is 13.2 Å². The van der Waals surface area contributed by atoms with E-state index in [1.807, 2.05) is 31.2 Å². The number of carboxylic acid groups (broad SMARTS) is 1. The Labute approximate surface area is 199 Å². The molecular weight excluding hydrogens is 432 g/mol. The molecule has 2 amide bonds. The number of alkyl carbamates (subject to hydrolysis) is 1. The molecule has 7 heteroatoms. The van der Waals surface area contributed by atoms with E-state index in [2.05, 4.69) is 34.9 Å². The lowest BCUT2D eigenvalue weighted by atomic mass is 9.98. The Kier molecular flexibility index (Phi) is 7.50. The molecule has 2 aliphatic carbocycles. The summed E-state index contributed by atoms with van der Waals surface area (Å²) in [7, 11) is 0. The lowest BCUT2D eigenvalue weighted by molar-refractivity contribution is -0.142. The number of carbonyl (C=O) groups is 3. The van der Waals surface area contributed by atoms with Crippen LogP contribution < -0.4 is 10.6 Å². The molecule has 0 aromatic heterocycles. The summed E-state index contributed by atoms with van der Waals surface area (Å²) in [4.78, 5) is 36.7. The van der Waals surface area contributed by atoms with Crippen LogP contribution in [0.25, 0.3) is 11.1 Å². The summed E-state index contributed by atoms with van der Waals surface area (Å²) in [6.07, 6.45) is 3.21. The van der Waals surface area contributed by atoms with E-state index in [0.29, 0.717) is 25.2 Å². The van der Waals surface area contributed by atoms with Gasteiger partial charge in [-0.2, -0.15) is 0 Å². The summed E-state index contributed by atoms with van der Waals surface area (Å²) in [6.45, 7) is 2.21. The van der Waals surface area contributed by atoms with Gasteiger partial charge in [0, 0.05) is 12.5 Å². The van der Waals surface area contributed by atoms with Crippen molar-refractivity contribution in [1.29, 1.82) is 0 Å². The van der Waals surface area contributed by atoms with Crippen LogP contribution in [0.5, 0.6) is 0 Å². The summed E-state index contributed by atoms with van der Waals surface area (Å²) in [6, 6.07) is 15.4. The summed E-state index contributed by atoms with van der Waals surface area (Å²) in [5, 5.41) is 14.7. The highest BCUT2D eigenvalue weighted by Gasteiger charge is 2.32. The van der Waals surface area contributed by atoms with Gasteiger partial charge in [-0.15, -0.1) is 0 Å². The number of ether oxygens (including phenoxy) is 1. The van der Waals surface area contributed by atoms with Gasteiger partial charge in [0.25, 0.3) is 0 Å². The number of hydrogen-bond acceptors (Lipinski definition) is 4. The summed E-state index contributed by atoms with van der Waals surface area (Å²) >= 11 is 0. The lowest BCUT2D eigenvalue weighted by Gasteiger charge is -2.21. The molecule has 34 heavy (non-hydrogen) atoms. The number of benzene rings is 2. The molecular formula is C27H32N2O5. The quantitative estimate of drug-likeness (QED) is 0.460. The first kappa shape index (κ1) is 23.8. The summed E-state index contributed by atoms with van der Waals surface area (Å²) in [5.41, 5.74) is 4.60. The Morgan fingerprint density at radius 3 is 2.21 bits per heavy atom. The number of carbonyl (C=O) groups excluding carboxylic acids is 2. The van der Waals surface area contributed by atoms with Crippen LogP contribution in [0.4, 0.5) is 4.79 Å². The second-order valence-corrected chi connectivity index (χ2v) is 9.27. The number of nitrogens with one attached hydrogen (secondary N) is 2. The molecule has 7 nitrogen and oxygen atoms in total. The zero-order valence-electron chi connectivity index (χ0n) is 19.5. The van der Waals surface area contributed by atoms with Crippen molar-refractivity contribution in [3.05, 3.63) is 59.7 Å². The van der Waals surface area contributed by atoms with Gasteiger partial charge in [0.05, 0.1) is 5.92 Å². The molecule has 0 radical (unpaired) electrons. The predicted molar refractivity (Wildman–Crippen MR) is 128 cm³/mol. The molecule has 1 unspecified atom stereocenters. The van der Waals surface area contributed by atoms with Crippen molar-refractivity contribution in [1.82, 2.24) is 10.6 Å². The number of hydrogen-bond donors (Lipinski definition) is 3. The minimum absolute atomic E-state index is 0.0333.